The van der Waals surface area contributed by atoms with Crippen LogP contribution in [0.15, 0.2) is 41.8 Å². The number of ether oxygens (including phenoxy) is 2. The lowest BCUT2D eigenvalue weighted by Crippen LogP contribution is -2.18. The Kier molecular flexibility index (Phi) is 6.25. The van der Waals surface area contributed by atoms with Gasteiger partial charge in [-0.3, -0.25) is 4.57 Å². The lowest BCUT2D eigenvalue weighted by atomic mass is 10.3. The van der Waals surface area contributed by atoms with Crippen LogP contribution < -0.4 is 4.74 Å². The Morgan fingerprint density at radius 2 is 2.00 bits per heavy atom. The highest BCUT2D eigenvalue weighted by Crippen LogP contribution is 2.57. The molecular formula is C15H16ClO5PS. The first-order valence-corrected chi connectivity index (χ1v) is 10.1. The first-order valence-electron chi connectivity index (χ1n) is 6.66. The molecule has 0 saturated heterocycles. The van der Waals surface area contributed by atoms with Crippen LogP contribution in [0.1, 0.15) is 10.7 Å². The predicted octanol–water partition coefficient (Wildman–Crippen LogP) is 4.58. The van der Waals surface area contributed by atoms with Crippen molar-refractivity contribution in [3.05, 3.63) is 51.7 Å². The highest BCUT2D eigenvalue weighted by atomic mass is 35.5. The van der Waals surface area contributed by atoms with Gasteiger partial charge in [0.15, 0.2) is 6.61 Å². The third kappa shape index (κ3) is 5.08. The number of hydrogen-bond donors (Lipinski definition) is 0. The van der Waals surface area contributed by atoms with E-state index in [1.54, 1.807) is 36.4 Å². The molecule has 0 aliphatic carbocycles. The summed E-state index contributed by atoms with van der Waals surface area (Å²) < 4.78 is 28.2. The Morgan fingerprint density at radius 1 is 1.30 bits per heavy atom. The Hall–Kier alpha value is -1.33. The van der Waals surface area contributed by atoms with Crippen molar-refractivity contribution in [2.24, 2.45) is 0 Å². The van der Waals surface area contributed by atoms with Gasteiger partial charge in [-0.25, -0.2) is 4.79 Å². The molecule has 124 valence electrons. The van der Waals surface area contributed by atoms with Crippen molar-refractivity contribution in [2.75, 3.05) is 20.4 Å². The highest BCUT2D eigenvalue weighted by molar-refractivity contribution is 7.58. The number of carbonyl (C=O) groups is 1. The Bertz CT molecular complexity index is 686. The first-order chi connectivity index (χ1) is 10.9. The van der Waals surface area contributed by atoms with Gasteiger partial charge in [-0.05, 0) is 35.7 Å². The van der Waals surface area contributed by atoms with E-state index in [1.807, 2.05) is 5.38 Å². The van der Waals surface area contributed by atoms with E-state index in [2.05, 4.69) is 0 Å². The van der Waals surface area contributed by atoms with Crippen molar-refractivity contribution in [2.45, 2.75) is 5.85 Å². The molecular weight excluding hydrogens is 359 g/mol. The maximum Gasteiger partial charge on any atom is 0.345 e. The number of rotatable bonds is 7. The van der Waals surface area contributed by atoms with Crippen LogP contribution in [0.5, 0.6) is 5.75 Å². The van der Waals surface area contributed by atoms with Crippen molar-refractivity contribution < 1.29 is 23.4 Å². The molecule has 0 saturated carbocycles. The maximum absolute atomic E-state index is 12.5. The second-order valence-corrected chi connectivity index (χ2v) is 8.76. The number of carbonyl (C=O) groups excluding carboxylic acids is 1. The zero-order valence-corrected chi connectivity index (χ0v) is 15.1. The molecule has 1 aromatic carbocycles. The van der Waals surface area contributed by atoms with Gasteiger partial charge in [0.25, 0.3) is 0 Å². The van der Waals surface area contributed by atoms with Gasteiger partial charge in [0.2, 0.25) is 13.2 Å². The van der Waals surface area contributed by atoms with E-state index in [9.17, 15) is 9.36 Å². The predicted molar refractivity (Wildman–Crippen MR) is 90.6 cm³/mol. The summed E-state index contributed by atoms with van der Waals surface area (Å²) in [5.74, 6) is -1.07. The van der Waals surface area contributed by atoms with E-state index in [-0.39, 0.29) is 6.61 Å². The molecule has 2 aromatic rings. The van der Waals surface area contributed by atoms with E-state index in [1.165, 1.54) is 25.1 Å². The smallest absolute Gasteiger partial charge is 0.345 e. The van der Waals surface area contributed by atoms with E-state index in [4.69, 9.17) is 25.6 Å². The summed E-state index contributed by atoms with van der Waals surface area (Å²) in [6.07, 6.45) is 0. The topological polar surface area (TPSA) is 61.8 Å². The standard InChI is InChI=1S/C15H16ClO5PS/c1-19-22(2,18)15(13-4-3-9-23-13)21-14(17)10-20-12-7-5-11(16)6-8-12/h3-9,15H,10H2,1-2H3. The van der Waals surface area contributed by atoms with E-state index >= 15 is 0 Å². The molecule has 5 nitrogen and oxygen atoms in total. The number of benzene rings is 1. The van der Waals surface area contributed by atoms with Gasteiger partial charge in [0.05, 0.1) is 4.88 Å². The second kappa shape index (κ2) is 7.97. The number of thiophene rings is 1. The number of hydrogen-bond acceptors (Lipinski definition) is 6. The first kappa shape index (κ1) is 18.0. The fourth-order valence-electron chi connectivity index (χ4n) is 1.74. The van der Waals surface area contributed by atoms with Gasteiger partial charge in [-0.1, -0.05) is 17.7 Å². The van der Waals surface area contributed by atoms with E-state index in [0.29, 0.717) is 15.6 Å². The fourth-order valence-corrected chi connectivity index (χ4v) is 4.31. The quantitative estimate of drug-likeness (QED) is 0.524. The van der Waals surface area contributed by atoms with Gasteiger partial charge in [0, 0.05) is 18.8 Å². The zero-order chi connectivity index (χ0) is 16.9. The summed E-state index contributed by atoms with van der Waals surface area (Å²) in [7, 11) is -1.80. The molecule has 0 spiro atoms. The largest absolute Gasteiger partial charge is 0.482 e. The molecule has 2 unspecified atom stereocenters. The second-order valence-electron chi connectivity index (χ2n) is 4.69. The van der Waals surface area contributed by atoms with Crippen molar-refractivity contribution in [3.8, 4) is 5.75 Å². The molecule has 23 heavy (non-hydrogen) atoms. The lowest BCUT2D eigenvalue weighted by Gasteiger charge is -2.22. The third-order valence-electron chi connectivity index (χ3n) is 2.99. The molecule has 0 N–H and O–H groups in total. The van der Waals surface area contributed by atoms with Crippen LogP contribution in [0, 0.1) is 0 Å². The van der Waals surface area contributed by atoms with Crippen LogP contribution in [-0.4, -0.2) is 26.4 Å². The molecule has 0 amide bonds. The summed E-state index contributed by atoms with van der Waals surface area (Å²) in [6, 6.07) is 10.1. The number of halogens is 1. The highest BCUT2D eigenvalue weighted by Gasteiger charge is 2.34. The minimum atomic E-state index is -3.13. The van der Waals surface area contributed by atoms with Gasteiger partial charge in [0.1, 0.15) is 5.75 Å². The Morgan fingerprint density at radius 3 is 2.57 bits per heavy atom. The van der Waals surface area contributed by atoms with Gasteiger partial charge >= 0.3 is 5.97 Å². The summed E-state index contributed by atoms with van der Waals surface area (Å²) >= 11 is 7.12. The zero-order valence-electron chi connectivity index (χ0n) is 12.6. The van der Waals surface area contributed by atoms with E-state index in [0.717, 1.165) is 0 Å². The molecule has 0 fully saturated rings. The number of esters is 1. The Balaban J connectivity index is 2.00. The minimum Gasteiger partial charge on any atom is -0.482 e. The molecule has 0 aliphatic rings. The van der Waals surface area contributed by atoms with Crippen molar-refractivity contribution in [3.63, 3.8) is 0 Å². The molecule has 1 aromatic heterocycles. The van der Waals surface area contributed by atoms with Crippen molar-refractivity contribution in [1.82, 2.24) is 0 Å². The monoisotopic (exact) mass is 374 g/mol. The van der Waals surface area contributed by atoms with Crippen LogP contribution in [0.3, 0.4) is 0 Å². The molecule has 0 radical (unpaired) electrons. The Labute approximate surface area is 143 Å². The molecule has 1 heterocycles. The molecule has 2 atom stereocenters. The SMILES string of the molecule is COP(C)(=O)C(OC(=O)COc1ccc(Cl)cc1)c1cccs1. The molecule has 0 aliphatic heterocycles. The average Bonchev–Trinajstić information content (AvgIpc) is 3.06. The summed E-state index contributed by atoms with van der Waals surface area (Å²) in [5.41, 5.74) is 0. The normalized spacial score (nSPS) is 14.7. The van der Waals surface area contributed by atoms with E-state index < -0.39 is 19.2 Å². The fraction of sp³-hybridized carbons (Fsp3) is 0.267. The third-order valence-corrected chi connectivity index (χ3v) is 6.29. The minimum absolute atomic E-state index is 0.298. The lowest BCUT2D eigenvalue weighted by molar-refractivity contribution is -0.148. The summed E-state index contributed by atoms with van der Waals surface area (Å²) in [4.78, 5) is 12.7. The maximum atomic E-state index is 12.5. The van der Waals surface area contributed by atoms with Crippen LogP contribution >= 0.6 is 30.3 Å². The molecule has 0 bridgehead atoms. The van der Waals surface area contributed by atoms with Gasteiger partial charge in [-0.2, -0.15) is 0 Å². The van der Waals surface area contributed by atoms with Crippen LogP contribution in [0.2, 0.25) is 5.02 Å². The van der Waals surface area contributed by atoms with Gasteiger partial charge < -0.3 is 14.0 Å². The molecule has 2 rings (SSSR count). The van der Waals surface area contributed by atoms with Crippen molar-refractivity contribution >= 4 is 36.3 Å². The van der Waals surface area contributed by atoms with Crippen LogP contribution in [0.25, 0.3) is 0 Å². The summed E-state index contributed by atoms with van der Waals surface area (Å²) in [6.45, 7) is 1.14. The van der Waals surface area contributed by atoms with Gasteiger partial charge in [-0.15, -0.1) is 11.3 Å². The van der Waals surface area contributed by atoms with Crippen molar-refractivity contribution in [1.29, 1.82) is 0 Å². The molecule has 8 heteroatoms. The van der Waals surface area contributed by atoms with Crippen LogP contribution in [0.4, 0.5) is 0 Å². The summed E-state index contributed by atoms with van der Waals surface area (Å²) in [5, 5.41) is 2.39. The average molecular weight is 375 g/mol. The van der Waals surface area contributed by atoms with Crippen LogP contribution in [-0.2, 0) is 18.6 Å².